The summed E-state index contributed by atoms with van der Waals surface area (Å²) in [4.78, 5) is 22.3. The number of piperidine rings is 2. The molecule has 4 saturated heterocycles. The van der Waals surface area contributed by atoms with Crippen LogP contribution in [0.25, 0.3) is 0 Å². The molecule has 5 rings (SSSR count). The first-order chi connectivity index (χ1) is 14.5. The van der Waals surface area contributed by atoms with Gasteiger partial charge in [0, 0.05) is 37.9 Å². The molecule has 9 heteroatoms. The van der Waals surface area contributed by atoms with Crippen LogP contribution in [0, 0.1) is 17.8 Å². The summed E-state index contributed by atoms with van der Waals surface area (Å²) in [5.41, 5.74) is 3.19. The fourth-order valence-electron chi connectivity index (χ4n) is 5.73. The summed E-state index contributed by atoms with van der Waals surface area (Å²) in [6, 6.07) is 0. The summed E-state index contributed by atoms with van der Waals surface area (Å²) < 4.78 is 27.2. The Balaban J connectivity index is 1.09. The number of carbonyl (C=O) groups is 1. The molecule has 170 valence electrons. The highest BCUT2D eigenvalue weighted by Crippen LogP contribution is 2.33. The lowest BCUT2D eigenvalue weighted by Gasteiger charge is -2.38. The highest BCUT2D eigenvalue weighted by molar-refractivity contribution is 5.79. The molecule has 5 aliphatic rings. The van der Waals surface area contributed by atoms with Gasteiger partial charge < -0.3 is 10.2 Å². The van der Waals surface area contributed by atoms with E-state index in [9.17, 15) is 13.6 Å². The minimum Gasteiger partial charge on any atom is -0.342 e. The Hall–Kier alpha value is -0.870. The molecule has 4 aliphatic heterocycles. The molecule has 4 atom stereocenters. The number of amides is 1. The smallest absolute Gasteiger partial charge is 0.261 e. The lowest BCUT2D eigenvalue weighted by Crippen LogP contribution is -2.53. The van der Waals surface area contributed by atoms with Gasteiger partial charge in [0.05, 0.1) is 18.9 Å². The van der Waals surface area contributed by atoms with Crippen LogP contribution in [0.2, 0.25) is 0 Å². The molecule has 0 radical (unpaired) electrons. The maximum absolute atomic E-state index is 13.6. The van der Waals surface area contributed by atoms with E-state index in [2.05, 4.69) is 21.0 Å². The minimum absolute atomic E-state index is 0.00216. The Kier molecular flexibility index (Phi) is 6.00. The third kappa shape index (κ3) is 4.37. The molecule has 3 N–H and O–H groups in total. The average Bonchev–Trinajstić information content (AvgIpc) is 3.34. The zero-order valence-electron chi connectivity index (χ0n) is 17.6. The van der Waals surface area contributed by atoms with Gasteiger partial charge in [-0.25, -0.2) is 8.78 Å². The second-order valence-electron chi connectivity index (χ2n) is 9.92. The molecular weight excluding hydrogens is 392 g/mol. The lowest BCUT2D eigenvalue weighted by atomic mass is 9.83. The number of hydrogen-bond acceptors (Lipinski definition) is 6. The van der Waals surface area contributed by atoms with Gasteiger partial charge in [-0.15, -0.1) is 0 Å². The summed E-state index contributed by atoms with van der Waals surface area (Å²) in [5, 5.41) is 7.03. The van der Waals surface area contributed by atoms with Crippen molar-refractivity contribution in [2.45, 2.75) is 75.8 Å². The number of alkyl halides is 2. The molecular formula is C21H35F2N5O2. The number of halogens is 2. The van der Waals surface area contributed by atoms with Crippen LogP contribution in [0.15, 0.2) is 0 Å². The normalized spacial score (nSPS) is 38.7. The van der Waals surface area contributed by atoms with Crippen molar-refractivity contribution in [2.75, 3.05) is 32.7 Å². The SMILES string of the molecule is O=C(C1CCC1)N1CCC(C2NOC(C3CCNC(N4CCC(F)(F)C4)C3)N2)CC1. The van der Waals surface area contributed by atoms with Gasteiger partial charge in [0.15, 0.2) is 0 Å². The van der Waals surface area contributed by atoms with E-state index in [-0.39, 0.29) is 37.4 Å². The predicted octanol–water partition coefficient (Wildman–Crippen LogP) is 1.47. The molecule has 1 amide bonds. The Morgan fingerprint density at radius 1 is 1.03 bits per heavy atom. The molecule has 30 heavy (non-hydrogen) atoms. The maximum atomic E-state index is 13.6. The standard InChI is InChI=1S/C21H35F2N5O2/c22-21(23)7-11-28(13-21)17-12-16(4-8-24-17)19-25-18(26-30-19)14-5-9-27(10-6-14)20(29)15-2-1-3-15/h14-19,24-26H,1-13H2. The van der Waals surface area contributed by atoms with E-state index in [0.29, 0.717) is 24.3 Å². The molecule has 4 unspecified atom stereocenters. The van der Waals surface area contributed by atoms with Crippen molar-refractivity contribution >= 4 is 5.91 Å². The monoisotopic (exact) mass is 427 g/mol. The average molecular weight is 428 g/mol. The number of rotatable bonds is 4. The van der Waals surface area contributed by atoms with Gasteiger partial charge in [-0.05, 0) is 51.0 Å². The summed E-state index contributed by atoms with van der Waals surface area (Å²) in [6.45, 7) is 2.81. The van der Waals surface area contributed by atoms with Crippen LogP contribution >= 0.6 is 0 Å². The van der Waals surface area contributed by atoms with E-state index >= 15 is 0 Å². The van der Waals surface area contributed by atoms with Crippen LogP contribution in [0.3, 0.4) is 0 Å². The molecule has 4 heterocycles. The molecule has 0 aromatic heterocycles. The summed E-state index contributed by atoms with van der Waals surface area (Å²) in [7, 11) is 0. The van der Waals surface area contributed by atoms with E-state index in [0.717, 1.165) is 58.2 Å². The number of hydrogen-bond donors (Lipinski definition) is 3. The van der Waals surface area contributed by atoms with Gasteiger partial charge in [0.1, 0.15) is 6.23 Å². The van der Waals surface area contributed by atoms with Crippen LogP contribution < -0.4 is 16.1 Å². The second kappa shape index (κ2) is 8.58. The van der Waals surface area contributed by atoms with Gasteiger partial charge >= 0.3 is 0 Å². The van der Waals surface area contributed by atoms with E-state index in [1.165, 1.54) is 6.42 Å². The van der Waals surface area contributed by atoms with Crippen molar-refractivity contribution in [3.05, 3.63) is 0 Å². The Bertz CT molecular complexity index is 627. The second-order valence-corrected chi connectivity index (χ2v) is 9.92. The first-order valence-electron chi connectivity index (χ1n) is 11.8. The predicted molar refractivity (Wildman–Crippen MR) is 107 cm³/mol. The summed E-state index contributed by atoms with van der Waals surface area (Å²) in [6.07, 6.45) is 7.04. The number of nitrogens with zero attached hydrogens (tertiary/aromatic N) is 2. The Labute approximate surface area is 177 Å². The number of hydroxylamine groups is 1. The molecule has 1 aliphatic carbocycles. The summed E-state index contributed by atoms with van der Waals surface area (Å²) in [5.74, 6) is -1.19. The number of likely N-dealkylation sites (tertiary alicyclic amines) is 2. The van der Waals surface area contributed by atoms with Crippen molar-refractivity contribution < 1.29 is 18.4 Å². The molecule has 1 saturated carbocycles. The fraction of sp³-hybridized carbons (Fsp3) is 0.952. The van der Waals surface area contributed by atoms with Crippen LogP contribution in [-0.4, -0.2) is 72.9 Å². The van der Waals surface area contributed by atoms with E-state index in [4.69, 9.17) is 4.84 Å². The van der Waals surface area contributed by atoms with Gasteiger partial charge in [-0.1, -0.05) is 6.42 Å². The largest absolute Gasteiger partial charge is 0.342 e. The number of nitrogens with one attached hydrogen (secondary N) is 3. The molecule has 0 aromatic carbocycles. The number of carbonyl (C=O) groups excluding carboxylic acids is 1. The minimum atomic E-state index is -2.56. The molecule has 0 bridgehead atoms. The Morgan fingerprint density at radius 2 is 1.83 bits per heavy atom. The molecule has 0 spiro atoms. The zero-order chi connectivity index (χ0) is 20.7. The molecule has 5 fully saturated rings. The van der Waals surface area contributed by atoms with Crippen molar-refractivity contribution in [3.8, 4) is 0 Å². The molecule has 0 aromatic rings. The van der Waals surface area contributed by atoms with E-state index in [1.807, 2.05) is 4.90 Å². The third-order valence-corrected chi connectivity index (χ3v) is 7.93. The first-order valence-corrected chi connectivity index (χ1v) is 11.8. The zero-order valence-corrected chi connectivity index (χ0v) is 17.6. The van der Waals surface area contributed by atoms with Crippen LogP contribution in [0.1, 0.15) is 51.4 Å². The van der Waals surface area contributed by atoms with Crippen LogP contribution in [0.5, 0.6) is 0 Å². The topological polar surface area (TPSA) is 68.9 Å². The van der Waals surface area contributed by atoms with Gasteiger partial charge in [0.25, 0.3) is 5.92 Å². The highest BCUT2D eigenvalue weighted by atomic mass is 19.3. The molecule has 7 nitrogen and oxygen atoms in total. The van der Waals surface area contributed by atoms with Gasteiger partial charge in [0.2, 0.25) is 5.91 Å². The van der Waals surface area contributed by atoms with Crippen molar-refractivity contribution in [2.24, 2.45) is 17.8 Å². The van der Waals surface area contributed by atoms with Gasteiger partial charge in [-0.2, -0.15) is 5.48 Å². The fourth-order valence-corrected chi connectivity index (χ4v) is 5.73. The van der Waals surface area contributed by atoms with E-state index in [1.54, 1.807) is 0 Å². The first kappa shape index (κ1) is 21.0. The van der Waals surface area contributed by atoms with Crippen LogP contribution in [0.4, 0.5) is 8.78 Å². The lowest BCUT2D eigenvalue weighted by molar-refractivity contribution is -0.139. The quantitative estimate of drug-likeness (QED) is 0.631. The van der Waals surface area contributed by atoms with E-state index < -0.39 is 5.92 Å². The van der Waals surface area contributed by atoms with Crippen molar-refractivity contribution in [1.82, 2.24) is 25.9 Å². The van der Waals surface area contributed by atoms with Crippen molar-refractivity contribution in [3.63, 3.8) is 0 Å². The Morgan fingerprint density at radius 3 is 2.50 bits per heavy atom. The summed E-state index contributed by atoms with van der Waals surface area (Å²) >= 11 is 0. The van der Waals surface area contributed by atoms with Gasteiger partial charge in [-0.3, -0.25) is 19.8 Å². The highest BCUT2D eigenvalue weighted by Gasteiger charge is 2.44. The third-order valence-electron chi connectivity index (χ3n) is 7.93. The maximum Gasteiger partial charge on any atom is 0.261 e. The van der Waals surface area contributed by atoms with Crippen LogP contribution in [-0.2, 0) is 9.63 Å². The van der Waals surface area contributed by atoms with Crippen molar-refractivity contribution in [1.29, 1.82) is 0 Å².